The van der Waals surface area contributed by atoms with E-state index in [0.29, 0.717) is 30.2 Å². The maximum absolute atomic E-state index is 13.9. The van der Waals surface area contributed by atoms with Crippen molar-refractivity contribution in [1.29, 1.82) is 0 Å². The molecule has 1 saturated heterocycles. The minimum atomic E-state index is -1.27. The van der Waals surface area contributed by atoms with E-state index in [1.54, 1.807) is 0 Å². The molecular formula is C35H36ClN3O4S. The highest BCUT2D eigenvalue weighted by molar-refractivity contribution is 7.80. The average molecular weight is 630 g/mol. The van der Waals surface area contributed by atoms with E-state index in [0.717, 1.165) is 28.7 Å². The number of anilines is 1. The number of halogens is 1. The Labute approximate surface area is 268 Å². The van der Waals surface area contributed by atoms with Crippen LogP contribution in [-0.4, -0.2) is 48.4 Å². The largest absolute Gasteiger partial charge is 0.465 e. The normalized spacial score (nSPS) is 17.9. The Hall–Kier alpha value is -3.82. The van der Waals surface area contributed by atoms with Crippen LogP contribution >= 0.6 is 24.2 Å². The predicted octanol–water partition coefficient (Wildman–Crippen LogP) is 6.71. The summed E-state index contributed by atoms with van der Waals surface area (Å²) >= 11 is 11.0. The highest BCUT2D eigenvalue weighted by Gasteiger charge is 2.33. The van der Waals surface area contributed by atoms with Crippen LogP contribution in [0.15, 0.2) is 109 Å². The van der Waals surface area contributed by atoms with Crippen LogP contribution in [-0.2, 0) is 16.0 Å². The van der Waals surface area contributed by atoms with Gasteiger partial charge in [-0.3, -0.25) is 4.79 Å². The molecule has 7 nitrogen and oxygen atoms in total. The van der Waals surface area contributed by atoms with E-state index >= 15 is 0 Å². The summed E-state index contributed by atoms with van der Waals surface area (Å²) in [6, 6.07) is 33.1. The van der Waals surface area contributed by atoms with Gasteiger partial charge in [0.05, 0.1) is 17.5 Å². The van der Waals surface area contributed by atoms with Gasteiger partial charge in [0.25, 0.3) is 0 Å². The number of ether oxygens (including phenoxy) is 1. The van der Waals surface area contributed by atoms with Crippen molar-refractivity contribution in [1.82, 2.24) is 10.6 Å². The van der Waals surface area contributed by atoms with Crippen molar-refractivity contribution >= 4 is 41.9 Å². The molecule has 228 valence electrons. The third kappa shape index (κ3) is 8.21. The van der Waals surface area contributed by atoms with E-state index in [1.165, 1.54) is 0 Å². The minimum Gasteiger partial charge on any atom is -0.465 e. The van der Waals surface area contributed by atoms with Crippen molar-refractivity contribution < 1.29 is 19.4 Å². The first-order valence-corrected chi connectivity index (χ1v) is 15.6. The fraction of sp³-hybridized carbons (Fsp3) is 0.257. The third-order valence-electron chi connectivity index (χ3n) is 7.85. The van der Waals surface area contributed by atoms with Crippen molar-refractivity contribution in [3.05, 3.63) is 136 Å². The zero-order chi connectivity index (χ0) is 30.9. The van der Waals surface area contributed by atoms with Crippen molar-refractivity contribution in [2.45, 2.75) is 42.3 Å². The van der Waals surface area contributed by atoms with Crippen LogP contribution in [0.5, 0.6) is 0 Å². The topological polar surface area (TPSA) is 99.7 Å². The lowest BCUT2D eigenvalue weighted by Crippen LogP contribution is -2.47. The molecule has 4 aromatic carbocycles. The number of amides is 2. The van der Waals surface area contributed by atoms with Gasteiger partial charge in [-0.05, 0) is 53.3 Å². The van der Waals surface area contributed by atoms with Crippen molar-refractivity contribution in [2.75, 3.05) is 18.4 Å². The highest BCUT2D eigenvalue weighted by Crippen LogP contribution is 2.32. The second-order valence-corrected chi connectivity index (χ2v) is 11.9. The number of aryl methyl sites for hydroxylation is 1. The molecule has 1 aliphatic heterocycles. The first kappa shape index (κ1) is 31.6. The number of nitrogens with one attached hydrogen (secondary N) is 3. The van der Waals surface area contributed by atoms with E-state index < -0.39 is 24.0 Å². The van der Waals surface area contributed by atoms with Gasteiger partial charge >= 0.3 is 6.09 Å². The molecule has 0 aliphatic carbocycles. The molecule has 0 radical (unpaired) electrons. The molecule has 5 rings (SSSR count). The number of thiol groups is 1. The van der Waals surface area contributed by atoms with Gasteiger partial charge in [0.1, 0.15) is 6.04 Å². The molecule has 4 N–H and O–H groups in total. The average Bonchev–Trinajstić information content (AvgIpc) is 3.04. The first-order valence-electron chi connectivity index (χ1n) is 14.7. The summed E-state index contributed by atoms with van der Waals surface area (Å²) < 4.78 is 6.45. The molecule has 1 unspecified atom stereocenters. The molecule has 0 bridgehead atoms. The number of morpholine rings is 1. The Bertz CT molecular complexity index is 1500. The van der Waals surface area contributed by atoms with Crippen molar-refractivity contribution in [2.24, 2.45) is 0 Å². The fourth-order valence-electron chi connectivity index (χ4n) is 5.71. The maximum Gasteiger partial charge on any atom is 0.405 e. The number of rotatable bonds is 11. The summed E-state index contributed by atoms with van der Waals surface area (Å²) in [4.78, 5) is 25.8. The van der Waals surface area contributed by atoms with Crippen LogP contribution in [0, 0.1) is 0 Å². The van der Waals surface area contributed by atoms with Crippen molar-refractivity contribution in [3.63, 3.8) is 0 Å². The zero-order valence-electron chi connectivity index (χ0n) is 24.1. The standard InChI is InChI=1S/C35H36ClN3O4S/c36-27-16-9-15-26(20-27)33(44)30-22-37-21-28(43-30)19-18-23-10-7-8-17-29(23)38-34(40)32(39-35(41)42)31(24-11-3-1-4-12-24)25-13-5-2-6-14-25/h1-17,20,28,30-33,37,39,44H,18-19,21-22H2,(H,38,40)(H,41,42)/t28-,30+,32+,33?/m1/s1. The molecule has 1 heterocycles. The lowest BCUT2D eigenvalue weighted by molar-refractivity contribution is -0.118. The molecule has 0 spiro atoms. The smallest absolute Gasteiger partial charge is 0.405 e. The Morgan fingerprint density at radius 3 is 2.18 bits per heavy atom. The first-order chi connectivity index (χ1) is 21.4. The number of para-hydroxylation sites is 1. The van der Waals surface area contributed by atoms with Crippen LogP contribution in [0.3, 0.4) is 0 Å². The SMILES string of the molecule is O=C(O)N[C@H](C(=O)Nc1ccccc1CC[C@@H]1CNC[C@@H](C(S)c2cccc(Cl)c2)O1)C(c1ccccc1)c1ccccc1. The lowest BCUT2D eigenvalue weighted by atomic mass is 9.84. The molecule has 44 heavy (non-hydrogen) atoms. The van der Waals surface area contributed by atoms with E-state index in [9.17, 15) is 14.7 Å². The minimum absolute atomic E-state index is 0.0479. The second-order valence-electron chi connectivity index (χ2n) is 10.9. The highest BCUT2D eigenvalue weighted by atomic mass is 35.5. The third-order valence-corrected chi connectivity index (χ3v) is 8.72. The number of hydrogen-bond acceptors (Lipinski definition) is 5. The van der Waals surface area contributed by atoms with E-state index in [2.05, 4.69) is 16.0 Å². The summed E-state index contributed by atoms with van der Waals surface area (Å²) in [5, 5.41) is 19.3. The van der Waals surface area contributed by atoms with Crippen molar-refractivity contribution in [3.8, 4) is 0 Å². The van der Waals surface area contributed by atoms with Gasteiger partial charge in [0.2, 0.25) is 5.91 Å². The van der Waals surface area contributed by atoms with E-state index in [1.807, 2.05) is 109 Å². The summed E-state index contributed by atoms with van der Waals surface area (Å²) in [5.41, 5.74) is 4.25. The quantitative estimate of drug-likeness (QED) is 0.119. The van der Waals surface area contributed by atoms with Gasteiger partial charge in [0.15, 0.2) is 0 Å². The van der Waals surface area contributed by atoms with Gasteiger partial charge in [-0.1, -0.05) is 103 Å². The molecule has 1 fully saturated rings. The predicted molar refractivity (Wildman–Crippen MR) is 178 cm³/mol. The summed E-state index contributed by atoms with van der Waals surface area (Å²) in [6.07, 6.45) is -0.0663. The fourth-order valence-corrected chi connectivity index (χ4v) is 6.24. The zero-order valence-corrected chi connectivity index (χ0v) is 25.8. The molecule has 9 heteroatoms. The molecule has 2 amide bonds. The molecule has 4 atom stereocenters. The van der Waals surface area contributed by atoms with Gasteiger partial charge in [0, 0.05) is 29.7 Å². The van der Waals surface area contributed by atoms with Gasteiger partial charge in [-0.15, -0.1) is 0 Å². The van der Waals surface area contributed by atoms with Crippen LogP contribution in [0.2, 0.25) is 5.02 Å². The number of hydrogen-bond donors (Lipinski definition) is 5. The number of carbonyl (C=O) groups is 2. The molecule has 1 aliphatic rings. The lowest BCUT2D eigenvalue weighted by Gasteiger charge is -2.34. The van der Waals surface area contributed by atoms with E-state index in [-0.39, 0.29) is 17.5 Å². The Balaban J connectivity index is 1.30. The second kappa shape index (κ2) is 15.3. The van der Waals surface area contributed by atoms with Gasteiger partial charge in [-0.2, -0.15) is 12.6 Å². The van der Waals surface area contributed by atoms with Crippen LogP contribution in [0.4, 0.5) is 10.5 Å². The van der Waals surface area contributed by atoms with Gasteiger partial charge < -0.3 is 25.8 Å². The molecule has 0 aromatic heterocycles. The number of benzene rings is 4. The summed E-state index contributed by atoms with van der Waals surface area (Å²) in [7, 11) is 0. The molecule has 4 aromatic rings. The van der Waals surface area contributed by atoms with Crippen LogP contribution in [0.25, 0.3) is 0 Å². The van der Waals surface area contributed by atoms with Gasteiger partial charge in [-0.25, -0.2) is 4.79 Å². The molecule has 0 saturated carbocycles. The molecular weight excluding hydrogens is 594 g/mol. The maximum atomic E-state index is 13.9. The van der Waals surface area contributed by atoms with Crippen LogP contribution < -0.4 is 16.0 Å². The number of carboxylic acid groups (broad SMARTS) is 1. The Morgan fingerprint density at radius 1 is 0.886 bits per heavy atom. The monoisotopic (exact) mass is 629 g/mol. The Kier molecular flexibility index (Phi) is 11.0. The summed E-state index contributed by atoms with van der Waals surface area (Å²) in [5.74, 6) is -0.972. The number of carbonyl (C=O) groups excluding carboxylic acids is 1. The summed E-state index contributed by atoms with van der Waals surface area (Å²) in [6.45, 7) is 1.40. The van der Waals surface area contributed by atoms with Crippen LogP contribution in [0.1, 0.15) is 39.8 Å². The Morgan fingerprint density at radius 2 is 1.52 bits per heavy atom. The van der Waals surface area contributed by atoms with E-state index in [4.69, 9.17) is 29.0 Å².